The summed E-state index contributed by atoms with van der Waals surface area (Å²) in [4.78, 5) is 39.2. The largest absolute Gasteiger partial charge is 0.362 e. The second-order valence-electron chi connectivity index (χ2n) is 6.38. The van der Waals surface area contributed by atoms with Crippen LogP contribution in [0.5, 0.6) is 0 Å². The van der Waals surface area contributed by atoms with E-state index in [1.165, 1.54) is 6.07 Å². The fourth-order valence-corrected chi connectivity index (χ4v) is 3.25. The lowest BCUT2D eigenvalue weighted by atomic mass is 10.0. The molecule has 140 valence electrons. The first-order valence-electron chi connectivity index (χ1n) is 8.92. The molecule has 0 atom stereocenters. The second kappa shape index (κ2) is 7.99. The second-order valence-corrected chi connectivity index (χ2v) is 6.38. The predicted octanol–water partition coefficient (Wildman–Crippen LogP) is 2.88. The number of nitrogens with zero attached hydrogens (tertiary/aromatic N) is 3. The van der Waals surface area contributed by atoms with Gasteiger partial charge in [-0.25, -0.2) is 0 Å². The summed E-state index contributed by atoms with van der Waals surface area (Å²) in [6.07, 6.45) is 0.455. The van der Waals surface area contributed by atoms with E-state index >= 15 is 0 Å². The summed E-state index contributed by atoms with van der Waals surface area (Å²) in [5, 5.41) is 11.6. The van der Waals surface area contributed by atoms with E-state index in [-0.39, 0.29) is 22.9 Å². The van der Waals surface area contributed by atoms with Gasteiger partial charge in [0.2, 0.25) is 5.91 Å². The van der Waals surface area contributed by atoms with Gasteiger partial charge in [-0.3, -0.25) is 19.7 Å². The third-order valence-electron chi connectivity index (χ3n) is 4.75. The summed E-state index contributed by atoms with van der Waals surface area (Å²) in [6.45, 7) is 3.95. The molecule has 0 unspecified atom stereocenters. The van der Waals surface area contributed by atoms with Crippen molar-refractivity contribution in [3.05, 3.63) is 69.8 Å². The number of amides is 1. The molecule has 1 heterocycles. The molecular weight excluding hydrogens is 346 g/mol. The van der Waals surface area contributed by atoms with Crippen molar-refractivity contribution in [3.8, 4) is 0 Å². The molecule has 1 saturated heterocycles. The van der Waals surface area contributed by atoms with Gasteiger partial charge in [-0.2, -0.15) is 0 Å². The quantitative estimate of drug-likeness (QED) is 0.461. The molecule has 7 nitrogen and oxygen atoms in total. The van der Waals surface area contributed by atoms with Crippen LogP contribution in [0, 0.1) is 10.1 Å². The Morgan fingerprint density at radius 1 is 1.00 bits per heavy atom. The Balaban J connectivity index is 1.84. The molecule has 0 N–H and O–H groups in total. The van der Waals surface area contributed by atoms with E-state index in [0.717, 1.165) is 0 Å². The van der Waals surface area contributed by atoms with E-state index in [0.29, 0.717) is 43.9 Å². The van der Waals surface area contributed by atoms with Gasteiger partial charge in [-0.1, -0.05) is 37.3 Å². The Kier molecular flexibility index (Phi) is 5.49. The van der Waals surface area contributed by atoms with Crippen LogP contribution in [0.25, 0.3) is 0 Å². The van der Waals surface area contributed by atoms with Crippen molar-refractivity contribution in [2.75, 3.05) is 31.1 Å². The highest BCUT2D eigenvalue weighted by atomic mass is 16.6. The molecule has 1 aliphatic rings. The first-order chi connectivity index (χ1) is 13.0. The monoisotopic (exact) mass is 367 g/mol. The van der Waals surface area contributed by atoms with Crippen LogP contribution in [0.3, 0.4) is 0 Å². The predicted molar refractivity (Wildman–Crippen MR) is 102 cm³/mol. The number of carbonyl (C=O) groups is 2. The molecule has 2 aromatic rings. The first kappa shape index (κ1) is 18.6. The number of benzene rings is 2. The molecule has 27 heavy (non-hydrogen) atoms. The number of nitro groups is 1. The summed E-state index contributed by atoms with van der Waals surface area (Å²) in [5.41, 5.74) is 1.17. The SMILES string of the molecule is CCC(=O)N1CCN(c2ccc(C(=O)c3ccccc3)cc2[N+](=O)[O-])CC1. The van der Waals surface area contributed by atoms with Crippen molar-refractivity contribution >= 4 is 23.1 Å². The maximum atomic E-state index is 12.6. The fraction of sp³-hybridized carbons (Fsp3) is 0.300. The molecule has 7 heteroatoms. The Morgan fingerprint density at radius 2 is 1.67 bits per heavy atom. The van der Waals surface area contributed by atoms with Gasteiger partial charge in [0, 0.05) is 49.8 Å². The lowest BCUT2D eigenvalue weighted by Crippen LogP contribution is -2.48. The Labute approximate surface area is 157 Å². The van der Waals surface area contributed by atoms with Crippen LogP contribution in [0.15, 0.2) is 48.5 Å². The van der Waals surface area contributed by atoms with E-state index < -0.39 is 4.92 Å². The molecule has 3 rings (SSSR count). The molecule has 0 saturated carbocycles. The Bertz CT molecular complexity index is 859. The molecular formula is C20H21N3O4. The van der Waals surface area contributed by atoms with Gasteiger partial charge in [0.1, 0.15) is 5.69 Å². The van der Waals surface area contributed by atoms with Crippen molar-refractivity contribution in [1.82, 2.24) is 4.90 Å². The van der Waals surface area contributed by atoms with Crippen LogP contribution >= 0.6 is 0 Å². The smallest absolute Gasteiger partial charge is 0.293 e. The maximum Gasteiger partial charge on any atom is 0.293 e. The molecule has 1 aliphatic heterocycles. The Hall–Kier alpha value is -3.22. The van der Waals surface area contributed by atoms with Gasteiger partial charge in [0.15, 0.2) is 5.78 Å². The summed E-state index contributed by atoms with van der Waals surface area (Å²) in [6, 6.07) is 13.3. The van der Waals surface area contributed by atoms with Crippen LogP contribution in [0.1, 0.15) is 29.3 Å². The summed E-state index contributed by atoms with van der Waals surface area (Å²) in [5.74, 6) is -0.156. The summed E-state index contributed by atoms with van der Waals surface area (Å²) in [7, 11) is 0. The van der Waals surface area contributed by atoms with Crippen molar-refractivity contribution in [3.63, 3.8) is 0 Å². The fourth-order valence-electron chi connectivity index (χ4n) is 3.25. The van der Waals surface area contributed by atoms with Crippen LogP contribution < -0.4 is 4.90 Å². The summed E-state index contributed by atoms with van der Waals surface area (Å²) >= 11 is 0. The molecule has 0 bridgehead atoms. The van der Waals surface area contributed by atoms with Gasteiger partial charge < -0.3 is 9.80 Å². The van der Waals surface area contributed by atoms with Crippen LogP contribution in [0.2, 0.25) is 0 Å². The minimum absolute atomic E-state index is 0.0907. The van der Waals surface area contributed by atoms with E-state index in [9.17, 15) is 19.7 Å². The standard InChI is InChI=1S/C20H21N3O4/c1-2-19(24)22-12-10-21(11-13-22)17-9-8-16(14-18(17)23(26)27)20(25)15-6-4-3-5-7-15/h3-9,14H,2,10-13H2,1H3. The van der Waals surface area contributed by atoms with E-state index in [2.05, 4.69) is 0 Å². The van der Waals surface area contributed by atoms with Crippen molar-refractivity contribution in [1.29, 1.82) is 0 Å². The number of hydrogen-bond acceptors (Lipinski definition) is 5. The van der Waals surface area contributed by atoms with Gasteiger partial charge in [0.25, 0.3) is 5.69 Å². The highest BCUT2D eigenvalue weighted by Gasteiger charge is 2.26. The van der Waals surface area contributed by atoms with E-state index in [4.69, 9.17) is 0 Å². The number of carbonyl (C=O) groups excluding carboxylic acids is 2. The van der Waals surface area contributed by atoms with Crippen LogP contribution in [-0.4, -0.2) is 47.7 Å². The average molecular weight is 367 g/mol. The third-order valence-corrected chi connectivity index (χ3v) is 4.75. The van der Waals surface area contributed by atoms with Gasteiger partial charge in [0.05, 0.1) is 4.92 Å². The van der Waals surface area contributed by atoms with Crippen LogP contribution in [-0.2, 0) is 4.79 Å². The topological polar surface area (TPSA) is 83.8 Å². The van der Waals surface area contributed by atoms with Gasteiger partial charge >= 0.3 is 0 Å². The van der Waals surface area contributed by atoms with Gasteiger partial charge in [-0.15, -0.1) is 0 Å². The molecule has 0 aromatic heterocycles. The van der Waals surface area contributed by atoms with E-state index in [1.807, 2.05) is 17.9 Å². The number of piperazine rings is 1. The Morgan fingerprint density at radius 3 is 2.26 bits per heavy atom. The van der Waals surface area contributed by atoms with Gasteiger partial charge in [-0.05, 0) is 12.1 Å². The minimum Gasteiger partial charge on any atom is -0.362 e. The number of anilines is 1. The molecule has 0 radical (unpaired) electrons. The summed E-state index contributed by atoms with van der Waals surface area (Å²) < 4.78 is 0. The first-order valence-corrected chi connectivity index (χ1v) is 8.92. The molecule has 0 aliphatic carbocycles. The molecule has 2 aromatic carbocycles. The van der Waals surface area contributed by atoms with Crippen LogP contribution in [0.4, 0.5) is 11.4 Å². The molecule has 0 spiro atoms. The average Bonchev–Trinajstić information content (AvgIpc) is 2.73. The van der Waals surface area contributed by atoms with Crippen molar-refractivity contribution in [2.45, 2.75) is 13.3 Å². The zero-order valence-corrected chi connectivity index (χ0v) is 15.1. The molecule has 1 amide bonds. The third kappa shape index (κ3) is 3.97. The van der Waals surface area contributed by atoms with Crippen molar-refractivity contribution in [2.24, 2.45) is 0 Å². The van der Waals surface area contributed by atoms with E-state index in [1.54, 1.807) is 41.3 Å². The number of nitro benzene ring substituents is 1. The lowest BCUT2D eigenvalue weighted by molar-refractivity contribution is -0.384. The highest BCUT2D eigenvalue weighted by molar-refractivity contribution is 6.09. The minimum atomic E-state index is -0.458. The number of ketones is 1. The molecule has 1 fully saturated rings. The normalized spacial score (nSPS) is 14.1. The zero-order valence-electron chi connectivity index (χ0n) is 15.1. The zero-order chi connectivity index (χ0) is 19.4. The maximum absolute atomic E-state index is 12.6. The number of hydrogen-bond donors (Lipinski definition) is 0. The highest BCUT2D eigenvalue weighted by Crippen LogP contribution is 2.31. The number of rotatable bonds is 5. The van der Waals surface area contributed by atoms with Crippen molar-refractivity contribution < 1.29 is 14.5 Å². The lowest BCUT2D eigenvalue weighted by Gasteiger charge is -2.35.